The zero-order valence-electron chi connectivity index (χ0n) is 35.4. The van der Waals surface area contributed by atoms with Crippen molar-refractivity contribution in [3.63, 3.8) is 0 Å². The van der Waals surface area contributed by atoms with Gasteiger partial charge in [0.2, 0.25) is 0 Å². The van der Waals surface area contributed by atoms with E-state index in [9.17, 15) is 16.8 Å². The molecule has 0 saturated carbocycles. The first-order valence-electron chi connectivity index (χ1n) is 21.0. The Hall–Kier alpha value is -5.02. The van der Waals surface area contributed by atoms with Gasteiger partial charge in [-0.15, -0.1) is 0 Å². The summed E-state index contributed by atoms with van der Waals surface area (Å²) >= 11 is 0. The van der Waals surface area contributed by atoms with E-state index in [1.54, 1.807) is 24.3 Å². The Morgan fingerprint density at radius 3 is 0.855 bits per heavy atom. The van der Waals surface area contributed by atoms with E-state index < -0.39 is 20.2 Å². The van der Waals surface area contributed by atoms with Crippen LogP contribution in [0, 0.1) is 13.8 Å². The van der Waals surface area contributed by atoms with Crippen LogP contribution in [0.2, 0.25) is 0 Å². The van der Waals surface area contributed by atoms with Crippen LogP contribution in [0.5, 0.6) is 0 Å². The Bertz CT molecular complexity index is 2130. The van der Waals surface area contributed by atoms with Gasteiger partial charge in [-0.1, -0.05) is 170 Å². The van der Waals surface area contributed by atoms with Crippen LogP contribution < -0.4 is 0 Å². The van der Waals surface area contributed by atoms with Crippen molar-refractivity contribution in [1.29, 1.82) is 0 Å². The maximum Gasteiger partial charge on any atom is 0.294 e. The van der Waals surface area contributed by atoms with Gasteiger partial charge in [0.05, 0.1) is 9.79 Å². The number of rotatable bonds is 10. The third-order valence-corrected chi connectivity index (χ3v) is 11.9. The first-order valence-corrected chi connectivity index (χ1v) is 23.9. The molecule has 0 spiro atoms. The fourth-order valence-electron chi connectivity index (χ4n) is 6.80. The van der Waals surface area contributed by atoms with Crippen LogP contribution in [0.15, 0.2) is 180 Å². The van der Waals surface area contributed by atoms with Crippen LogP contribution in [-0.4, -0.2) is 62.2 Å². The molecular weight excluding hydrogens is 821 g/mol. The molecule has 328 valence electrons. The molecule has 0 atom stereocenters. The highest BCUT2D eigenvalue weighted by Gasteiger charge is 2.22. The van der Waals surface area contributed by atoms with Crippen LogP contribution in [0.1, 0.15) is 84.1 Å². The van der Waals surface area contributed by atoms with Crippen LogP contribution in [-0.2, 0) is 29.9 Å². The van der Waals surface area contributed by atoms with Crippen LogP contribution in [0.25, 0.3) is 0 Å². The molecule has 12 heteroatoms. The van der Waals surface area contributed by atoms with Crippen molar-refractivity contribution in [2.24, 2.45) is 0 Å². The monoisotopic (exact) mass is 878 g/mol. The number of piperidine rings is 2. The van der Waals surface area contributed by atoms with Gasteiger partial charge < -0.3 is 0 Å². The summed E-state index contributed by atoms with van der Waals surface area (Å²) in [7, 11) is -8.04. The molecule has 0 aliphatic carbocycles. The number of nitrogens with zero attached hydrogens (tertiary/aromatic N) is 2. The van der Waals surface area contributed by atoms with Gasteiger partial charge in [0.25, 0.3) is 20.2 Å². The number of aryl methyl sites for hydroxylation is 2. The Balaban J connectivity index is 0.000000163. The SMILES string of the molecule is Cc1ccc(S(=O)(=O)O)cc1.Cc1ccc(S(=O)(=O)O)cc1.c1ccc(C(ON2CCCCC2)c2ccccc2)cc1.c1ccc(C(ON2CCCCC2)c2ccccc2)cc1. The summed E-state index contributed by atoms with van der Waals surface area (Å²) < 4.78 is 59.1. The molecule has 2 aliphatic heterocycles. The van der Waals surface area contributed by atoms with E-state index in [1.165, 1.54) is 85.0 Å². The van der Waals surface area contributed by atoms with E-state index in [1.807, 2.05) is 38.1 Å². The van der Waals surface area contributed by atoms with Crippen LogP contribution >= 0.6 is 0 Å². The predicted molar refractivity (Wildman–Crippen MR) is 244 cm³/mol. The molecule has 6 aromatic carbocycles. The lowest BCUT2D eigenvalue weighted by Crippen LogP contribution is -2.31. The number of benzene rings is 6. The van der Waals surface area contributed by atoms with E-state index in [2.05, 4.69) is 107 Å². The first-order chi connectivity index (χ1) is 29.9. The molecule has 0 bridgehead atoms. The first kappa shape index (κ1) is 48.0. The smallest absolute Gasteiger partial charge is 0.286 e. The molecule has 2 heterocycles. The summed E-state index contributed by atoms with van der Waals surface area (Å²) in [5.74, 6) is 0. The molecule has 6 aromatic rings. The van der Waals surface area contributed by atoms with Crippen LogP contribution in [0.4, 0.5) is 0 Å². The molecular formula is C50H58N2O8S2. The second-order valence-electron chi connectivity index (χ2n) is 15.2. The molecule has 62 heavy (non-hydrogen) atoms. The average Bonchev–Trinajstić information content (AvgIpc) is 3.30. The van der Waals surface area contributed by atoms with E-state index in [0.717, 1.165) is 37.3 Å². The molecule has 0 unspecified atom stereocenters. The third kappa shape index (κ3) is 16.4. The van der Waals surface area contributed by atoms with Crippen molar-refractivity contribution in [2.75, 3.05) is 26.2 Å². The Morgan fingerprint density at radius 2 is 0.629 bits per heavy atom. The molecule has 8 rings (SSSR count). The minimum Gasteiger partial charge on any atom is -0.286 e. The number of hydroxylamine groups is 4. The summed E-state index contributed by atoms with van der Waals surface area (Å²) in [6.45, 7) is 7.83. The molecule has 0 aromatic heterocycles. The van der Waals surface area contributed by atoms with E-state index in [4.69, 9.17) is 18.8 Å². The summed E-state index contributed by atoms with van der Waals surface area (Å²) in [6, 6.07) is 53.9. The van der Waals surface area contributed by atoms with Gasteiger partial charge in [0.15, 0.2) is 0 Å². The van der Waals surface area contributed by atoms with Crippen molar-refractivity contribution in [3.05, 3.63) is 203 Å². The molecule has 10 nitrogen and oxygen atoms in total. The molecule has 2 aliphatic rings. The number of hydrogen-bond acceptors (Lipinski definition) is 8. The van der Waals surface area contributed by atoms with E-state index in [0.29, 0.717) is 0 Å². The summed E-state index contributed by atoms with van der Waals surface area (Å²) in [5.41, 5.74) is 6.76. The van der Waals surface area contributed by atoms with Gasteiger partial charge in [0, 0.05) is 26.2 Å². The third-order valence-electron chi connectivity index (χ3n) is 10.2. The van der Waals surface area contributed by atoms with Crippen molar-refractivity contribution < 1.29 is 35.6 Å². The standard InChI is InChI=1S/2C18H21NO.2C7H8O3S/c2*1-4-10-16(11-5-1)18(17-12-6-2-7-13-17)20-19-14-8-3-9-15-19;2*1-6-2-4-7(5-3-6)11(8,9)10/h2*1-2,4-7,10-13,18H,3,8-9,14-15H2;2*2-5H,1H3,(H,8,9,10). The molecule has 0 amide bonds. The van der Waals surface area contributed by atoms with Crippen molar-refractivity contribution in [3.8, 4) is 0 Å². The molecule has 2 N–H and O–H groups in total. The van der Waals surface area contributed by atoms with Gasteiger partial charge in [-0.3, -0.25) is 18.8 Å². The lowest BCUT2D eigenvalue weighted by atomic mass is 10.0. The minimum absolute atomic E-state index is 0.00417. The Kier molecular flexibility index (Phi) is 19.0. The minimum atomic E-state index is -4.02. The normalized spacial score (nSPS) is 14.7. The Labute approximate surface area is 368 Å². The highest BCUT2D eigenvalue weighted by molar-refractivity contribution is 7.86. The van der Waals surface area contributed by atoms with Crippen LogP contribution in [0.3, 0.4) is 0 Å². The summed E-state index contributed by atoms with van der Waals surface area (Å²) in [6.07, 6.45) is 7.56. The van der Waals surface area contributed by atoms with Crippen molar-refractivity contribution in [1.82, 2.24) is 10.1 Å². The topological polar surface area (TPSA) is 134 Å². The van der Waals surface area contributed by atoms with Gasteiger partial charge >= 0.3 is 0 Å². The van der Waals surface area contributed by atoms with E-state index >= 15 is 0 Å². The summed E-state index contributed by atoms with van der Waals surface area (Å²) in [4.78, 5) is 12.5. The second kappa shape index (κ2) is 24.6. The summed E-state index contributed by atoms with van der Waals surface area (Å²) in [5, 5.41) is 4.27. The largest absolute Gasteiger partial charge is 0.294 e. The molecule has 2 fully saturated rings. The molecule has 0 radical (unpaired) electrons. The zero-order chi connectivity index (χ0) is 44.2. The van der Waals surface area contributed by atoms with Crippen molar-refractivity contribution in [2.45, 2.75) is 74.4 Å². The van der Waals surface area contributed by atoms with E-state index in [-0.39, 0.29) is 22.0 Å². The van der Waals surface area contributed by atoms with Gasteiger partial charge in [-0.2, -0.15) is 27.0 Å². The predicted octanol–water partition coefficient (Wildman–Crippen LogP) is 10.9. The zero-order valence-corrected chi connectivity index (χ0v) is 37.1. The van der Waals surface area contributed by atoms with Gasteiger partial charge in [-0.05, 0) is 86.1 Å². The lowest BCUT2D eigenvalue weighted by molar-refractivity contribution is -0.196. The van der Waals surface area contributed by atoms with Crippen molar-refractivity contribution >= 4 is 20.2 Å². The Morgan fingerprint density at radius 1 is 0.387 bits per heavy atom. The maximum absolute atomic E-state index is 10.5. The molecule has 2 saturated heterocycles. The lowest BCUT2D eigenvalue weighted by Gasteiger charge is -2.30. The second-order valence-corrected chi connectivity index (χ2v) is 18.0. The fourth-order valence-corrected chi connectivity index (χ4v) is 7.76. The fraction of sp³-hybridized carbons (Fsp3) is 0.280. The van der Waals surface area contributed by atoms with Gasteiger partial charge in [0.1, 0.15) is 12.2 Å². The number of hydrogen-bond donors (Lipinski definition) is 2. The van der Waals surface area contributed by atoms with Gasteiger partial charge in [-0.25, -0.2) is 0 Å². The highest BCUT2D eigenvalue weighted by atomic mass is 32.2. The quantitative estimate of drug-likeness (QED) is 0.128. The maximum atomic E-state index is 10.5. The average molecular weight is 879 g/mol. The highest BCUT2D eigenvalue weighted by Crippen LogP contribution is 2.29.